The zero-order valence-electron chi connectivity index (χ0n) is 61.9. The minimum Gasteiger partial charge on any atom is -0.325 e. The summed E-state index contributed by atoms with van der Waals surface area (Å²) in [4.78, 5) is 33.3. The molecule has 13 rings (SSSR count). The third kappa shape index (κ3) is 22.2. The molecule has 0 aromatic carbocycles. The average Bonchev–Trinajstić information content (AvgIpc) is 2.04. The molecule has 1 saturated carbocycles. The summed E-state index contributed by atoms with van der Waals surface area (Å²) in [6.07, 6.45) is 11.1. The van der Waals surface area contributed by atoms with Crippen LogP contribution in [-0.2, 0) is 0 Å². The van der Waals surface area contributed by atoms with Crippen molar-refractivity contribution in [3.63, 3.8) is 0 Å². The van der Waals surface area contributed by atoms with Crippen LogP contribution in [0.1, 0.15) is 155 Å². The molecular formula is C73H149N15. The summed E-state index contributed by atoms with van der Waals surface area (Å²) in [6, 6.07) is 6.78. The standard InChI is InChI=1S/C13H26N2.C11H23N3.2C11H22N2.C10H20N2.C9H18N2.C8H18N2/c1-12(2)15-10-6-13(7-11-15)4-8-14(3)9-5-13;1-10(2)14-7-6-13-5-4-12(3)8-11(13)9-14;1-8(2)13-6-9-4-11(3,12)5-10(9)7-13;1-9(2)13-7-10-5-4-6-12(3)11(10)8-13;1-8(2)12-6-9-4-11(3)5-10(9)7-12;1-7(2)11-5-8-3-10-4-9(8)6-11;1-8(2)10-6-4-9(3)5-7-10/h12H,4-11H2,1-3H3;10-11H,4-9H2,1-3H3;8-10H,4-7,12H2,1-3H3;9-11H,4-8H2,1-3H3;8-10H,4-7H2,1-3H3;7-10H,3-6H2,1-2H3;8H,4-7H2,1-3H3/t;;;10-,11+;9-,10+;8-,9+;/m...1.../s1. The predicted molar refractivity (Wildman–Crippen MR) is 378 cm³/mol. The van der Waals surface area contributed by atoms with E-state index in [0.29, 0.717) is 6.04 Å². The summed E-state index contributed by atoms with van der Waals surface area (Å²) in [5.74, 6) is 6.58. The fraction of sp³-hybridized carbons (Fsp3) is 1.00. The molecule has 1 aliphatic carbocycles. The topological polar surface area (TPSA) is 80.2 Å². The Morgan fingerprint density at radius 3 is 1.20 bits per heavy atom. The first kappa shape index (κ1) is 74.8. The van der Waals surface area contributed by atoms with Crippen molar-refractivity contribution >= 4 is 0 Å². The van der Waals surface area contributed by atoms with Crippen molar-refractivity contribution in [2.45, 2.75) is 215 Å². The number of nitrogens with one attached hydrogen (secondary N) is 1. The van der Waals surface area contributed by atoms with Gasteiger partial charge in [0.05, 0.1) is 0 Å². The van der Waals surface area contributed by atoms with Crippen LogP contribution in [-0.4, -0.2) is 336 Å². The Bertz CT molecular complexity index is 1880. The van der Waals surface area contributed by atoms with Gasteiger partial charge in [-0.1, -0.05) is 0 Å². The van der Waals surface area contributed by atoms with Crippen molar-refractivity contribution in [2.24, 2.45) is 52.6 Å². The number of rotatable bonds is 7. The molecule has 0 bridgehead atoms. The second-order valence-electron chi connectivity index (χ2n) is 34.0. The number of likely N-dealkylation sites (N-methyl/N-ethyl adjacent to an activating group) is 3. The average molecular weight is 1240 g/mol. The highest BCUT2D eigenvalue weighted by Crippen LogP contribution is 2.43. The smallest absolute Gasteiger partial charge is 0.0351 e. The lowest BCUT2D eigenvalue weighted by Crippen LogP contribution is -2.62. The Morgan fingerprint density at radius 1 is 0.341 bits per heavy atom. The molecule has 13 aliphatic rings. The molecule has 1 spiro atoms. The Labute approximate surface area is 546 Å². The van der Waals surface area contributed by atoms with Crippen molar-refractivity contribution in [3.8, 4) is 0 Å². The quantitative estimate of drug-likeness (QED) is 0.265. The highest BCUT2D eigenvalue weighted by molar-refractivity contribution is 5.01. The lowest BCUT2D eigenvalue weighted by atomic mass is 9.71. The van der Waals surface area contributed by atoms with Gasteiger partial charge in [0.15, 0.2) is 0 Å². The van der Waals surface area contributed by atoms with Gasteiger partial charge in [0.25, 0.3) is 0 Å². The van der Waals surface area contributed by atoms with Crippen LogP contribution in [0.2, 0.25) is 0 Å². The van der Waals surface area contributed by atoms with Crippen molar-refractivity contribution in [3.05, 3.63) is 0 Å². The van der Waals surface area contributed by atoms with Crippen LogP contribution < -0.4 is 11.1 Å². The number of likely N-dealkylation sites (tertiary alicyclic amines) is 8. The van der Waals surface area contributed by atoms with Crippen LogP contribution in [0, 0.1) is 46.8 Å². The summed E-state index contributed by atoms with van der Waals surface area (Å²) in [5.41, 5.74) is 7.03. The van der Waals surface area contributed by atoms with Gasteiger partial charge in [-0.05, 0) is 283 Å². The first-order valence-corrected chi connectivity index (χ1v) is 37.4. The number of piperazine rings is 3. The summed E-state index contributed by atoms with van der Waals surface area (Å²) in [5, 5.41) is 3.46. The summed E-state index contributed by atoms with van der Waals surface area (Å²) in [6.45, 7) is 69.3. The van der Waals surface area contributed by atoms with E-state index in [2.05, 4.69) is 208 Å². The second-order valence-corrected chi connectivity index (χ2v) is 34.0. The van der Waals surface area contributed by atoms with Gasteiger partial charge in [0, 0.05) is 191 Å². The number of piperidine rings is 3. The molecule has 0 radical (unpaired) electrons. The first-order chi connectivity index (χ1) is 41.6. The monoisotopic (exact) mass is 1240 g/mol. The minimum atomic E-state index is 0.137. The fourth-order valence-electron chi connectivity index (χ4n) is 18.0. The van der Waals surface area contributed by atoms with Gasteiger partial charge < -0.3 is 55.1 Å². The van der Waals surface area contributed by atoms with Crippen LogP contribution in [0.25, 0.3) is 0 Å². The Hall–Kier alpha value is -0.600. The molecule has 15 nitrogen and oxygen atoms in total. The molecule has 0 amide bonds. The number of hydrogen-bond donors (Lipinski definition) is 2. The van der Waals surface area contributed by atoms with E-state index in [0.717, 1.165) is 95.2 Å². The highest BCUT2D eigenvalue weighted by Gasteiger charge is 2.46. The molecule has 12 heterocycles. The largest absolute Gasteiger partial charge is 0.325 e. The van der Waals surface area contributed by atoms with Gasteiger partial charge in [0.1, 0.15) is 0 Å². The number of fused-ring (bicyclic) bond motifs is 5. The number of nitrogens with two attached hydrogens (primary N) is 1. The third-order valence-corrected chi connectivity index (χ3v) is 24.7. The van der Waals surface area contributed by atoms with E-state index in [9.17, 15) is 0 Å². The Balaban J connectivity index is 0.000000147. The van der Waals surface area contributed by atoms with Gasteiger partial charge >= 0.3 is 0 Å². The van der Waals surface area contributed by atoms with E-state index in [1.54, 1.807) is 0 Å². The third-order valence-electron chi connectivity index (χ3n) is 24.7. The fourth-order valence-corrected chi connectivity index (χ4v) is 18.0. The predicted octanol–water partition coefficient (Wildman–Crippen LogP) is 7.48. The summed E-state index contributed by atoms with van der Waals surface area (Å²) < 4.78 is 0. The van der Waals surface area contributed by atoms with Gasteiger partial charge in [0.2, 0.25) is 0 Å². The van der Waals surface area contributed by atoms with Crippen molar-refractivity contribution in [2.75, 3.05) is 212 Å². The second kappa shape index (κ2) is 34.9. The van der Waals surface area contributed by atoms with E-state index < -0.39 is 0 Å². The number of hydrogen-bond acceptors (Lipinski definition) is 15. The van der Waals surface area contributed by atoms with E-state index in [4.69, 9.17) is 5.73 Å². The molecular weight excluding hydrogens is 1090 g/mol. The van der Waals surface area contributed by atoms with E-state index >= 15 is 0 Å². The Kier molecular flexibility index (Phi) is 29.6. The van der Waals surface area contributed by atoms with Crippen molar-refractivity contribution < 1.29 is 0 Å². The summed E-state index contributed by atoms with van der Waals surface area (Å²) >= 11 is 0. The van der Waals surface area contributed by atoms with E-state index in [1.165, 1.54) is 228 Å². The molecule has 12 aliphatic heterocycles. The number of nitrogens with zero attached hydrogens (tertiary/aromatic N) is 13. The van der Waals surface area contributed by atoms with Crippen LogP contribution in [0.4, 0.5) is 0 Å². The van der Waals surface area contributed by atoms with Gasteiger partial charge in [-0.2, -0.15) is 0 Å². The molecule has 88 heavy (non-hydrogen) atoms. The lowest BCUT2D eigenvalue weighted by molar-refractivity contribution is 0.00949. The molecule has 0 aromatic rings. The SMILES string of the molecule is CC(C)N1CC2CC(C)(N)CC2C1.CC(C)N1CCC2(CCN(C)CC2)CC1.CC(C)N1CCN(C)CC1.CC(C)N1CCN2CCN(C)CC2C1.CC(C)N1C[C@H]2CCCN(C)[C@H]2C1.CC(C)N1C[C@H]2CN(C)C[C@H]2C1.CC(C)N1C[C@H]2CNC[C@H]2C1. The van der Waals surface area contributed by atoms with E-state index in [1.807, 2.05) is 0 Å². The van der Waals surface area contributed by atoms with Crippen molar-refractivity contribution in [1.29, 1.82) is 0 Å². The van der Waals surface area contributed by atoms with Gasteiger partial charge in [-0.15, -0.1) is 0 Å². The zero-order valence-corrected chi connectivity index (χ0v) is 61.9. The molecule has 0 aromatic heterocycles. The molecule has 12 saturated heterocycles. The zero-order chi connectivity index (χ0) is 64.2. The molecule has 3 N–H and O–H groups in total. The highest BCUT2D eigenvalue weighted by atomic mass is 15.3. The van der Waals surface area contributed by atoms with Gasteiger partial charge in [-0.25, -0.2) is 0 Å². The van der Waals surface area contributed by atoms with Crippen LogP contribution in [0.15, 0.2) is 0 Å². The van der Waals surface area contributed by atoms with Crippen LogP contribution in [0.3, 0.4) is 0 Å². The van der Waals surface area contributed by atoms with Crippen molar-refractivity contribution in [1.82, 2.24) is 69.0 Å². The maximum absolute atomic E-state index is 6.17. The first-order valence-electron chi connectivity index (χ1n) is 37.4. The maximum Gasteiger partial charge on any atom is 0.0351 e. The summed E-state index contributed by atoms with van der Waals surface area (Å²) in [7, 11) is 11.2. The van der Waals surface area contributed by atoms with Crippen LogP contribution in [0.5, 0.6) is 0 Å². The minimum absolute atomic E-state index is 0.137. The Morgan fingerprint density at radius 2 is 0.727 bits per heavy atom. The molecule has 516 valence electrons. The van der Waals surface area contributed by atoms with Gasteiger partial charge in [-0.3, -0.25) is 19.6 Å². The molecule has 15 heteroatoms. The van der Waals surface area contributed by atoms with E-state index in [-0.39, 0.29) is 5.54 Å². The lowest BCUT2D eigenvalue weighted by Gasteiger charge is -2.47. The van der Waals surface area contributed by atoms with Crippen LogP contribution >= 0.6 is 0 Å². The normalized spacial score (nSPS) is 35.0. The molecule has 3 unspecified atom stereocenters. The molecule has 9 atom stereocenters. The maximum atomic E-state index is 6.17. The molecule has 13 fully saturated rings.